The number of likely N-dealkylation sites (tertiary alicyclic amines) is 1. The molecule has 0 atom stereocenters. The number of aromatic nitrogens is 1. The number of methoxy groups -OCH3 is 1. The molecule has 1 aliphatic heterocycles. The summed E-state index contributed by atoms with van der Waals surface area (Å²) in [7, 11) is 1.57. The normalized spacial score (nSPS) is 13.8. The predicted octanol–water partition coefficient (Wildman–Crippen LogP) is 3.48. The van der Waals surface area contributed by atoms with E-state index in [9.17, 15) is 14.4 Å². The summed E-state index contributed by atoms with van der Waals surface area (Å²) in [6.07, 6.45) is 4.54. The first-order valence-corrected chi connectivity index (χ1v) is 10.4. The van der Waals surface area contributed by atoms with E-state index < -0.39 is 11.7 Å². The maximum Gasteiger partial charge on any atom is 0.295 e. The number of hydrogen-bond acceptors (Lipinski definition) is 4. The Morgan fingerprint density at radius 1 is 1.00 bits per heavy atom. The zero-order chi connectivity index (χ0) is 21.8. The Morgan fingerprint density at radius 3 is 2.55 bits per heavy atom. The summed E-state index contributed by atoms with van der Waals surface area (Å²) in [6, 6.07) is 14.4. The molecule has 2 heterocycles. The zero-order valence-electron chi connectivity index (χ0n) is 17.5. The fourth-order valence-corrected chi connectivity index (χ4v) is 3.97. The van der Waals surface area contributed by atoms with Crippen LogP contribution in [0, 0.1) is 0 Å². The topological polar surface area (TPSA) is 80.6 Å². The number of para-hydroxylation sites is 1. The minimum Gasteiger partial charge on any atom is -0.497 e. The smallest absolute Gasteiger partial charge is 0.295 e. The predicted molar refractivity (Wildman–Crippen MR) is 118 cm³/mol. The molecule has 7 heteroatoms. The molecule has 0 saturated carbocycles. The van der Waals surface area contributed by atoms with Crippen molar-refractivity contribution in [3.63, 3.8) is 0 Å². The summed E-state index contributed by atoms with van der Waals surface area (Å²) >= 11 is 0. The molecule has 0 unspecified atom stereocenters. The Balaban J connectivity index is 1.56. The standard InChI is InChI=1S/C24H25N3O4/c1-31-18-9-7-8-17(14-18)25-22(28)16-27-15-20(19-10-3-4-11-21(19)27)23(29)24(30)26-12-5-2-6-13-26/h3-4,7-11,14-15H,2,5-6,12-13,16H2,1H3,(H,25,28). The van der Waals surface area contributed by atoms with Crippen LogP contribution in [0.15, 0.2) is 54.7 Å². The molecule has 0 bridgehead atoms. The number of anilines is 1. The molecule has 0 spiro atoms. The third kappa shape index (κ3) is 4.45. The van der Waals surface area contributed by atoms with Gasteiger partial charge in [0, 0.05) is 41.9 Å². The van der Waals surface area contributed by atoms with Crippen molar-refractivity contribution in [2.24, 2.45) is 0 Å². The van der Waals surface area contributed by atoms with Crippen molar-refractivity contribution in [2.45, 2.75) is 25.8 Å². The second-order valence-corrected chi connectivity index (χ2v) is 7.65. The van der Waals surface area contributed by atoms with Crippen molar-refractivity contribution in [3.05, 3.63) is 60.3 Å². The highest BCUT2D eigenvalue weighted by molar-refractivity contribution is 6.44. The average molecular weight is 419 g/mol. The van der Waals surface area contributed by atoms with Gasteiger partial charge in [0.25, 0.3) is 11.7 Å². The van der Waals surface area contributed by atoms with Crippen molar-refractivity contribution in [3.8, 4) is 5.75 Å². The van der Waals surface area contributed by atoms with Gasteiger partial charge in [0.2, 0.25) is 5.91 Å². The molecule has 31 heavy (non-hydrogen) atoms. The van der Waals surface area contributed by atoms with E-state index in [1.54, 1.807) is 47.0 Å². The number of carbonyl (C=O) groups is 3. The largest absolute Gasteiger partial charge is 0.497 e. The maximum absolute atomic E-state index is 13.0. The fraction of sp³-hybridized carbons (Fsp3) is 0.292. The van der Waals surface area contributed by atoms with Crippen LogP contribution in [0.25, 0.3) is 10.9 Å². The van der Waals surface area contributed by atoms with Gasteiger partial charge in [-0.05, 0) is 37.5 Å². The second-order valence-electron chi connectivity index (χ2n) is 7.65. The van der Waals surface area contributed by atoms with E-state index in [1.165, 1.54) is 0 Å². The second kappa shape index (κ2) is 9.04. The lowest BCUT2D eigenvalue weighted by molar-refractivity contribution is -0.127. The summed E-state index contributed by atoms with van der Waals surface area (Å²) in [5.41, 5.74) is 1.69. The molecule has 4 rings (SSSR count). The van der Waals surface area contributed by atoms with Crippen molar-refractivity contribution in [2.75, 3.05) is 25.5 Å². The Morgan fingerprint density at radius 2 is 1.77 bits per heavy atom. The molecule has 2 amide bonds. The number of fused-ring (bicyclic) bond motifs is 1. The number of ether oxygens (including phenoxy) is 1. The number of benzene rings is 2. The molecule has 1 fully saturated rings. The molecular weight excluding hydrogens is 394 g/mol. The molecule has 1 aromatic heterocycles. The van der Waals surface area contributed by atoms with E-state index >= 15 is 0 Å². The number of nitrogens with zero attached hydrogens (tertiary/aromatic N) is 2. The minimum absolute atomic E-state index is 0.0168. The number of Topliss-reactive ketones (excluding diaryl/α,β-unsaturated/α-hetero) is 1. The van der Waals surface area contributed by atoms with Gasteiger partial charge in [-0.25, -0.2) is 0 Å². The van der Waals surface area contributed by atoms with Gasteiger partial charge in [-0.3, -0.25) is 14.4 Å². The molecule has 0 radical (unpaired) electrons. The van der Waals surface area contributed by atoms with Crippen molar-refractivity contribution < 1.29 is 19.1 Å². The van der Waals surface area contributed by atoms with Crippen LogP contribution >= 0.6 is 0 Å². The minimum atomic E-state index is -0.523. The number of ketones is 1. The lowest BCUT2D eigenvalue weighted by Gasteiger charge is -2.25. The first kappa shape index (κ1) is 20.7. The summed E-state index contributed by atoms with van der Waals surface area (Å²) in [5.74, 6) is -0.586. The number of rotatable bonds is 6. The lowest BCUT2D eigenvalue weighted by Crippen LogP contribution is -2.40. The average Bonchev–Trinajstić information content (AvgIpc) is 3.17. The fourth-order valence-electron chi connectivity index (χ4n) is 3.97. The molecule has 3 aromatic rings. The van der Waals surface area contributed by atoms with Gasteiger partial charge in [-0.15, -0.1) is 0 Å². The third-order valence-electron chi connectivity index (χ3n) is 5.54. The van der Waals surface area contributed by atoms with E-state index in [0.717, 1.165) is 24.8 Å². The van der Waals surface area contributed by atoms with E-state index in [4.69, 9.17) is 4.74 Å². The van der Waals surface area contributed by atoms with Crippen LogP contribution in [0.2, 0.25) is 0 Å². The Kier molecular flexibility index (Phi) is 6.02. The van der Waals surface area contributed by atoms with E-state index in [2.05, 4.69) is 5.32 Å². The van der Waals surface area contributed by atoms with Gasteiger partial charge in [0.1, 0.15) is 12.3 Å². The quantitative estimate of drug-likeness (QED) is 0.490. The first-order valence-electron chi connectivity index (χ1n) is 10.4. The van der Waals surface area contributed by atoms with E-state index in [0.29, 0.717) is 35.5 Å². The highest BCUT2D eigenvalue weighted by Gasteiger charge is 2.27. The Bertz CT molecular complexity index is 1130. The van der Waals surface area contributed by atoms with Crippen LogP contribution in [0.1, 0.15) is 29.6 Å². The number of piperidine rings is 1. The van der Waals surface area contributed by atoms with Gasteiger partial charge >= 0.3 is 0 Å². The highest BCUT2D eigenvalue weighted by Crippen LogP contribution is 2.24. The molecule has 7 nitrogen and oxygen atoms in total. The number of carbonyl (C=O) groups excluding carboxylic acids is 3. The highest BCUT2D eigenvalue weighted by atomic mass is 16.5. The van der Waals surface area contributed by atoms with Crippen LogP contribution in [-0.2, 0) is 16.1 Å². The molecule has 0 aliphatic carbocycles. The Labute approximate surface area is 180 Å². The lowest BCUT2D eigenvalue weighted by atomic mass is 10.1. The molecule has 1 aliphatic rings. The summed E-state index contributed by atoms with van der Waals surface area (Å²) < 4.78 is 6.89. The van der Waals surface area contributed by atoms with Crippen LogP contribution in [-0.4, -0.2) is 47.3 Å². The van der Waals surface area contributed by atoms with E-state index in [-0.39, 0.29) is 12.5 Å². The molecule has 1 saturated heterocycles. The zero-order valence-corrected chi connectivity index (χ0v) is 17.5. The Hall–Kier alpha value is -3.61. The van der Waals surface area contributed by atoms with E-state index in [1.807, 2.05) is 24.3 Å². The monoisotopic (exact) mass is 419 g/mol. The van der Waals surface area contributed by atoms with Crippen LogP contribution < -0.4 is 10.1 Å². The van der Waals surface area contributed by atoms with Crippen molar-refractivity contribution >= 4 is 34.2 Å². The molecule has 160 valence electrons. The number of amides is 2. The van der Waals surface area contributed by atoms with Gasteiger partial charge < -0.3 is 19.5 Å². The van der Waals surface area contributed by atoms with Gasteiger partial charge in [0.05, 0.1) is 12.7 Å². The van der Waals surface area contributed by atoms with Crippen LogP contribution in [0.3, 0.4) is 0 Å². The van der Waals surface area contributed by atoms with Crippen LogP contribution in [0.4, 0.5) is 5.69 Å². The third-order valence-corrected chi connectivity index (χ3v) is 5.54. The number of hydrogen-bond donors (Lipinski definition) is 1. The van der Waals surface area contributed by atoms with Gasteiger partial charge in [-0.2, -0.15) is 0 Å². The van der Waals surface area contributed by atoms with Crippen LogP contribution in [0.5, 0.6) is 5.75 Å². The summed E-state index contributed by atoms with van der Waals surface area (Å²) in [5, 5.41) is 3.52. The van der Waals surface area contributed by atoms with Gasteiger partial charge in [-0.1, -0.05) is 24.3 Å². The van der Waals surface area contributed by atoms with Crippen molar-refractivity contribution in [1.29, 1.82) is 0 Å². The SMILES string of the molecule is COc1cccc(NC(=O)Cn2cc(C(=O)C(=O)N3CCCCC3)c3ccccc32)c1. The molecule has 1 N–H and O–H groups in total. The maximum atomic E-state index is 13.0. The first-order chi connectivity index (χ1) is 15.1. The number of nitrogens with one attached hydrogen (secondary N) is 1. The molecule has 2 aromatic carbocycles. The molecular formula is C24H25N3O4. The summed E-state index contributed by atoms with van der Waals surface area (Å²) in [6.45, 7) is 1.25. The summed E-state index contributed by atoms with van der Waals surface area (Å²) in [4.78, 5) is 40.0. The van der Waals surface area contributed by atoms with Crippen molar-refractivity contribution in [1.82, 2.24) is 9.47 Å². The van der Waals surface area contributed by atoms with Gasteiger partial charge in [0.15, 0.2) is 0 Å².